The molecule has 0 radical (unpaired) electrons. The average Bonchev–Trinajstić information content (AvgIpc) is 2.19. The Hall–Kier alpha value is -1.06. The van der Waals surface area contributed by atoms with E-state index >= 15 is 0 Å². The van der Waals surface area contributed by atoms with E-state index in [0.717, 1.165) is 5.56 Å². The Morgan fingerprint density at radius 1 is 1.31 bits per heavy atom. The predicted molar refractivity (Wildman–Crippen MR) is 52.2 cm³/mol. The zero-order valence-corrected chi connectivity index (χ0v) is 7.26. The van der Waals surface area contributed by atoms with Gasteiger partial charge in [0.1, 0.15) is 0 Å². The molecular formula is C10H11BO2. The summed E-state index contributed by atoms with van der Waals surface area (Å²) in [5.41, 5.74) is 1.08. The number of hydrogen-bond acceptors (Lipinski definition) is 2. The summed E-state index contributed by atoms with van der Waals surface area (Å²) in [6.45, 7) is 0. The second-order valence-corrected chi connectivity index (χ2v) is 3.09. The summed E-state index contributed by atoms with van der Waals surface area (Å²) in [5, 5.41) is 9.27. The van der Waals surface area contributed by atoms with Gasteiger partial charge in [-0.2, -0.15) is 0 Å². The van der Waals surface area contributed by atoms with E-state index < -0.39 is 7.12 Å². The van der Waals surface area contributed by atoms with E-state index in [0.29, 0.717) is 6.32 Å². The molecule has 1 aliphatic heterocycles. The van der Waals surface area contributed by atoms with E-state index in [9.17, 15) is 5.02 Å². The lowest BCUT2D eigenvalue weighted by molar-refractivity contribution is 0.203. The quantitative estimate of drug-likeness (QED) is 0.519. The lowest BCUT2D eigenvalue weighted by Crippen LogP contribution is -2.22. The molecule has 66 valence electrons. The van der Waals surface area contributed by atoms with E-state index in [1.165, 1.54) is 0 Å². The number of hydrogen-bond donors (Lipinski definition) is 1. The molecule has 2 rings (SSSR count). The third-order valence-electron chi connectivity index (χ3n) is 2.08. The van der Waals surface area contributed by atoms with Crippen molar-refractivity contribution in [2.45, 2.75) is 12.4 Å². The van der Waals surface area contributed by atoms with Gasteiger partial charge < -0.3 is 9.68 Å². The molecular weight excluding hydrogens is 163 g/mol. The first-order chi connectivity index (χ1) is 6.36. The van der Waals surface area contributed by atoms with Gasteiger partial charge in [0, 0.05) is 6.32 Å². The zero-order chi connectivity index (χ0) is 9.10. The van der Waals surface area contributed by atoms with Crippen LogP contribution < -0.4 is 0 Å². The van der Waals surface area contributed by atoms with Gasteiger partial charge in [0.2, 0.25) is 0 Å². The Kier molecular flexibility index (Phi) is 2.48. The summed E-state index contributed by atoms with van der Waals surface area (Å²) in [6, 6.07) is 9.88. The topological polar surface area (TPSA) is 29.5 Å². The smallest absolute Gasteiger partial charge is 0.427 e. The fourth-order valence-electron chi connectivity index (χ4n) is 1.42. The standard InChI is InChI=1S/C10H11BO2/c12-11-8-4-7-10(13-11)9-5-2-1-3-6-9/h1-7,10,12H,8H2. The van der Waals surface area contributed by atoms with E-state index in [1.807, 2.05) is 42.5 Å². The minimum absolute atomic E-state index is 0.0926. The Morgan fingerprint density at radius 2 is 2.08 bits per heavy atom. The molecule has 0 saturated carbocycles. The molecule has 0 fully saturated rings. The van der Waals surface area contributed by atoms with Crippen molar-refractivity contribution < 1.29 is 9.68 Å². The molecule has 0 spiro atoms. The van der Waals surface area contributed by atoms with Crippen LogP contribution in [0, 0.1) is 0 Å². The molecule has 2 nitrogen and oxygen atoms in total. The Labute approximate surface area is 78.0 Å². The van der Waals surface area contributed by atoms with E-state index in [4.69, 9.17) is 4.65 Å². The van der Waals surface area contributed by atoms with Crippen molar-refractivity contribution in [1.29, 1.82) is 0 Å². The first kappa shape index (κ1) is 8.54. The highest BCUT2D eigenvalue weighted by molar-refractivity contribution is 6.43. The third-order valence-corrected chi connectivity index (χ3v) is 2.08. The first-order valence-corrected chi connectivity index (χ1v) is 4.41. The van der Waals surface area contributed by atoms with Crippen LogP contribution in [0.4, 0.5) is 0 Å². The molecule has 1 unspecified atom stereocenters. The van der Waals surface area contributed by atoms with Crippen molar-refractivity contribution in [1.82, 2.24) is 0 Å². The van der Waals surface area contributed by atoms with Crippen LogP contribution >= 0.6 is 0 Å². The molecule has 0 aromatic heterocycles. The molecule has 0 aliphatic carbocycles. The Morgan fingerprint density at radius 3 is 2.77 bits per heavy atom. The minimum Gasteiger partial charge on any atom is -0.427 e. The van der Waals surface area contributed by atoms with Crippen molar-refractivity contribution in [3.63, 3.8) is 0 Å². The van der Waals surface area contributed by atoms with E-state index in [2.05, 4.69) is 0 Å². The van der Waals surface area contributed by atoms with Gasteiger partial charge >= 0.3 is 7.12 Å². The molecule has 0 amide bonds. The summed E-state index contributed by atoms with van der Waals surface area (Å²) >= 11 is 0. The third kappa shape index (κ3) is 2.00. The summed E-state index contributed by atoms with van der Waals surface area (Å²) in [7, 11) is -0.657. The summed E-state index contributed by atoms with van der Waals surface area (Å²) in [5.74, 6) is 0. The number of rotatable bonds is 1. The number of benzene rings is 1. The van der Waals surface area contributed by atoms with Gasteiger partial charge in [-0.3, -0.25) is 0 Å². The molecule has 0 saturated heterocycles. The van der Waals surface area contributed by atoms with Gasteiger partial charge in [0.25, 0.3) is 0 Å². The Bertz CT molecular complexity index is 297. The van der Waals surface area contributed by atoms with Crippen LogP contribution in [0.3, 0.4) is 0 Å². The summed E-state index contributed by atoms with van der Waals surface area (Å²) < 4.78 is 5.34. The van der Waals surface area contributed by atoms with Gasteiger partial charge in [-0.1, -0.05) is 42.5 Å². The second-order valence-electron chi connectivity index (χ2n) is 3.09. The summed E-state index contributed by atoms with van der Waals surface area (Å²) in [4.78, 5) is 0. The molecule has 1 aliphatic rings. The first-order valence-electron chi connectivity index (χ1n) is 4.41. The van der Waals surface area contributed by atoms with Gasteiger partial charge in [-0.15, -0.1) is 0 Å². The predicted octanol–water partition coefficient (Wildman–Crippen LogP) is 1.79. The molecule has 13 heavy (non-hydrogen) atoms. The van der Waals surface area contributed by atoms with Crippen LogP contribution in [-0.2, 0) is 4.65 Å². The molecule has 1 atom stereocenters. The average molecular weight is 174 g/mol. The molecule has 1 aromatic rings. The van der Waals surface area contributed by atoms with Crippen LogP contribution in [-0.4, -0.2) is 12.1 Å². The SMILES string of the molecule is OB1CC=CC(c2ccccc2)O1. The molecule has 1 aromatic carbocycles. The van der Waals surface area contributed by atoms with Crippen molar-refractivity contribution >= 4 is 7.12 Å². The highest BCUT2D eigenvalue weighted by Gasteiger charge is 2.21. The van der Waals surface area contributed by atoms with E-state index in [-0.39, 0.29) is 6.10 Å². The number of allylic oxidation sites excluding steroid dienone is 1. The normalized spacial score (nSPS) is 21.9. The Balaban J connectivity index is 2.18. The van der Waals surface area contributed by atoms with Crippen LogP contribution in [0.1, 0.15) is 11.7 Å². The van der Waals surface area contributed by atoms with Crippen LogP contribution in [0.25, 0.3) is 0 Å². The van der Waals surface area contributed by atoms with Gasteiger partial charge in [-0.25, -0.2) is 0 Å². The molecule has 1 heterocycles. The minimum atomic E-state index is -0.657. The van der Waals surface area contributed by atoms with Crippen molar-refractivity contribution in [2.75, 3.05) is 0 Å². The van der Waals surface area contributed by atoms with Gasteiger partial charge in [0.05, 0.1) is 6.10 Å². The molecule has 0 bridgehead atoms. The maximum Gasteiger partial charge on any atom is 0.458 e. The molecule has 1 N–H and O–H groups in total. The van der Waals surface area contributed by atoms with Crippen molar-refractivity contribution in [3.05, 3.63) is 48.0 Å². The largest absolute Gasteiger partial charge is 0.458 e. The fraction of sp³-hybridized carbons (Fsp3) is 0.200. The van der Waals surface area contributed by atoms with Crippen molar-refractivity contribution in [2.24, 2.45) is 0 Å². The van der Waals surface area contributed by atoms with Crippen molar-refractivity contribution in [3.8, 4) is 0 Å². The van der Waals surface area contributed by atoms with E-state index in [1.54, 1.807) is 0 Å². The van der Waals surface area contributed by atoms with Crippen LogP contribution in [0.5, 0.6) is 0 Å². The van der Waals surface area contributed by atoms with Gasteiger partial charge in [-0.05, 0) is 5.56 Å². The lowest BCUT2D eigenvalue weighted by atomic mass is 9.82. The fourth-order valence-corrected chi connectivity index (χ4v) is 1.42. The monoisotopic (exact) mass is 174 g/mol. The second kappa shape index (κ2) is 3.77. The van der Waals surface area contributed by atoms with Crippen LogP contribution in [0.15, 0.2) is 42.5 Å². The lowest BCUT2D eigenvalue weighted by Gasteiger charge is -2.20. The highest BCUT2D eigenvalue weighted by atomic mass is 16.5. The zero-order valence-electron chi connectivity index (χ0n) is 7.26. The van der Waals surface area contributed by atoms with Crippen LogP contribution in [0.2, 0.25) is 6.32 Å². The maximum atomic E-state index is 9.27. The van der Waals surface area contributed by atoms with Gasteiger partial charge in [0.15, 0.2) is 0 Å². The highest BCUT2D eigenvalue weighted by Crippen LogP contribution is 2.23. The summed E-state index contributed by atoms with van der Waals surface area (Å²) in [6.07, 6.45) is 4.42. The maximum absolute atomic E-state index is 9.27. The molecule has 3 heteroatoms.